The van der Waals surface area contributed by atoms with Crippen molar-refractivity contribution in [2.24, 2.45) is 0 Å². The van der Waals surface area contributed by atoms with Crippen LogP contribution in [0, 0.1) is 0 Å². The Morgan fingerprint density at radius 3 is 1.48 bits per heavy atom. The van der Waals surface area contributed by atoms with Gasteiger partial charge in [-0.05, 0) is 24.3 Å². The van der Waals surface area contributed by atoms with Crippen molar-refractivity contribution in [2.45, 2.75) is 0 Å². The molecule has 0 bridgehead atoms. The molecule has 120 valence electrons. The molecule has 0 aliphatic rings. The van der Waals surface area contributed by atoms with Crippen LogP contribution in [0.3, 0.4) is 0 Å². The first-order valence-corrected chi connectivity index (χ1v) is 6.05. The molecule has 2 rings (SSSR count). The molecule has 0 amide bonds. The summed E-state index contributed by atoms with van der Waals surface area (Å²) in [5, 5.41) is 17.9. The molecule has 9 nitrogen and oxygen atoms in total. The fourth-order valence-electron chi connectivity index (χ4n) is 1.66. The van der Waals surface area contributed by atoms with Gasteiger partial charge < -0.3 is 14.9 Å². The van der Waals surface area contributed by atoms with Crippen molar-refractivity contribution in [3.05, 3.63) is 59.2 Å². The van der Waals surface area contributed by atoms with Crippen molar-refractivity contribution in [1.82, 2.24) is 9.97 Å². The molecule has 2 aromatic rings. The van der Waals surface area contributed by atoms with Crippen LogP contribution in [0.2, 0.25) is 0 Å². The normalized spacial score (nSPS) is 9.12. The Morgan fingerprint density at radius 2 is 1.16 bits per heavy atom. The number of aromatic carboxylic acids is 2. The number of aromatic nitrogens is 2. The van der Waals surface area contributed by atoms with E-state index in [-0.39, 0.29) is 80.9 Å². The molecule has 0 unspecified atom stereocenters. The van der Waals surface area contributed by atoms with Gasteiger partial charge in [0.15, 0.2) is 11.4 Å². The van der Waals surface area contributed by atoms with Gasteiger partial charge in [0.2, 0.25) is 0 Å². The number of ether oxygens (including phenoxy) is 1. The molecule has 0 aromatic carbocycles. The standard InChI is InChI=1S/C14H8N2O7.K.Na.2H/c17-11(18)7-3-1-5-15-9(7)13(21)23-14(22)10-8(12(19)20)4-2-6-16-10;;;;/h1-6H,(H,17,18)(H,19,20);;;;. The van der Waals surface area contributed by atoms with E-state index in [1.807, 2.05) is 0 Å². The first-order chi connectivity index (χ1) is 10.9. The molecule has 0 atom stereocenters. The number of carbonyl (C=O) groups is 4. The number of esters is 2. The molecule has 0 fully saturated rings. The van der Waals surface area contributed by atoms with E-state index in [0.29, 0.717) is 0 Å². The fourth-order valence-corrected chi connectivity index (χ4v) is 1.66. The minimum absolute atomic E-state index is 0. The molecular formula is C14H10KN2NaO7. The van der Waals surface area contributed by atoms with E-state index >= 15 is 0 Å². The summed E-state index contributed by atoms with van der Waals surface area (Å²) in [4.78, 5) is 52.9. The average Bonchev–Trinajstić information content (AvgIpc) is 2.54. The Bertz CT molecular complexity index is 761. The Hall–Kier alpha value is -0.984. The zero-order chi connectivity index (χ0) is 17.0. The van der Waals surface area contributed by atoms with Gasteiger partial charge >= 0.3 is 105 Å². The van der Waals surface area contributed by atoms with Gasteiger partial charge in [-0.25, -0.2) is 29.1 Å². The summed E-state index contributed by atoms with van der Waals surface area (Å²) in [5.74, 6) is -5.51. The predicted molar refractivity (Wildman–Crippen MR) is 86.4 cm³/mol. The minimum atomic E-state index is -1.43. The van der Waals surface area contributed by atoms with E-state index in [4.69, 9.17) is 10.2 Å². The third kappa shape index (κ3) is 6.04. The second kappa shape index (κ2) is 10.9. The quantitative estimate of drug-likeness (QED) is 0.410. The van der Waals surface area contributed by atoms with Gasteiger partial charge in [-0.1, -0.05) is 0 Å². The monoisotopic (exact) mass is 380 g/mol. The second-order valence-electron chi connectivity index (χ2n) is 4.09. The zero-order valence-electron chi connectivity index (χ0n) is 11.3. The summed E-state index contributed by atoms with van der Waals surface area (Å²) < 4.78 is 4.47. The molecule has 0 saturated carbocycles. The van der Waals surface area contributed by atoms with E-state index < -0.39 is 46.4 Å². The Morgan fingerprint density at radius 1 is 0.800 bits per heavy atom. The Balaban J connectivity index is 0.00000288. The maximum absolute atomic E-state index is 11.9. The second-order valence-corrected chi connectivity index (χ2v) is 4.09. The topological polar surface area (TPSA) is 144 Å². The van der Waals surface area contributed by atoms with Crippen LogP contribution in [-0.4, -0.2) is 125 Å². The molecule has 2 aromatic heterocycles. The van der Waals surface area contributed by atoms with E-state index in [9.17, 15) is 19.2 Å². The van der Waals surface area contributed by atoms with E-state index in [1.165, 1.54) is 12.1 Å². The van der Waals surface area contributed by atoms with Crippen LogP contribution in [-0.2, 0) is 4.74 Å². The Labute approximate surface area is 205 Å². The SMILES string of the molecule is O=C(O)c1cccnc1C(=O)OC(=O)c1ncccc1C(=O)O.[KH].[NaH]. The van der Waals surface area contributed by atoms with Crippen LogP contribution in [0.1, 0.15) is 41.7 Å². The summed E-state index contributed by atoms with van der Waals surface area (Å²) in [6.07, 6.45) is 2.30. The van der Waals surface area contributed by atoms with Crippen molar-refractivity contribution in [3.63, 3.8) is 0 Å². The van der Waals surface area contributed by atoms with Crippen LogP contribution in [0.5, 0.6) is 0 Å². The number of hydrogen-bond acceptors (Lipinski definition) is 7. The van der Waals surface area contributed by atoms with Gasteiger partial charge in [-0.3, -0.25) is 0 Å². The molecular weight excluding hydrogens is 370 g/mol. The molecule has 2 heterocycles. The Kier molecular flexibility index (Phi) is 10.5. The van der Waals surface area contributed by atoms with E-state index in [1.54, 1.807) is 0 Å². The van der Waals surface area contributed by atoms with Crippen LogP contribution < -0.4 is 0 Å². The summed E-state index contributed by atoms with van der Waals surface area (Å²) >= 11 is 0. The maximum atomic E-state index is 11.9. The van der Waals surface area contributed by atoms with Crippen molar-refractivity contribution < 1.29 is 34.1 Å². The number of rotatable bonds is 4. The molecule has 0 aliphatic carbocycles. The summed E-state index contributed by atoms with van der Waals surface area (Å²) in [6, 6.07) is 4.81. The predicted octanol–water partition coefficient (Wildman–Crippen LogP) is -0.427. The van der Waals surface area contributed by atoms with Crippen LogP contribution in [0.15, 0.2) is 36.7 Å². The average molecular weight is 380 g/mol. The molecule has 0 aliphatic heterocycles. The van der Waals surface area contributed by atoms with Crippen molar-refractivity contribution in [1.29, 1.82) is 0 Å². The van der Waals surface area contributed by atoms with Crippen molar-refractivity contribution >= 4 is 105 Å². The van der Waals surface area contributed by atoms with Crippen LogP contribution in [0.25, 0.3) is 0 Å². The van der Waals surface area contributed by atoms with Gasteiger partial charge in [-0.2, -0.15) is 0 Å². The number of carboxylic acid groups (broad SMARTS) is 2. The molecule has 25 heavy (non-hydrogen) atoms. The number of nitrogens with zero attached hydrogens (tertiary/aromatic N) is 2. The third-order valence-corrected chi connectivity index (χ3v) is 2.65. The van der Waals surface area contributed by atoms with Gasteiger partial charge in [0, 0.05) is 12.4 Å². The number of carbonyl (C=O) groups excluding carboxylic acids is 2. The first kappa shape index (κ1) is 24.0. The van der Waals surface area contributed by atoms with Crippen LogP contribution in [0.4, 0.5) is 0 Å². The third-order valence-electron chi connectivity index (χ3n) is 2.65. The summed E-state index contributed by atoms with van der Waals surface area (Å²) in [6.45, 7) is 0. The molecule has 2 N–H and O–H groups in total. The zero-order valence-corrected chi connectivity index (χ0v) is 11.3. The molecule has 0 saturated heterocycles. The number of carboxylic acids is 2. The summed E-state index contributed by atoms with van der Waals surface area (Å²) in [7, 11) is 0. The fraction of sp³-hybridized carbons (Fsp3) is 0. The number of hydrogen-bond donors (Lipinski definition) is 2. The number of pyridine rings is 2. The van der Waals surface area contributed by atoms with E-state index in [0.717, 1.165) is 24.5 Å². The molecule has 11 heteroatoms. The summed E-state index contributed by atoms with van der Waals surface area (Å²) in [5.41, 5.74) is -2.07. The van der Waals surface area contributed by atoms with E-state index in [2.05, 4.69) is 14.7 Å². The van der Waals surface area contributed by atoms with Crippen molar-refractivity contribution in [2.75, 3.05) is 0 Å². The van der Waals surface area contributed by atoms with Gasteiger partial charge in [0.25, 0.3) is 0 Å². The first-order valence-electron chi connectivity index (χ1n) is 6.05. The molecule has 0 spiro atoms. The van der Waals surface area contributed by atoms with Crippen LogP contribution >= 0.6 is 0 Å². The van der Waals surface area contributed by atoms with Gasteiger partial charge in [0.05, 0.1) is 11.1 Å². The molecule has 0 radical (unpaired) electrons. The van der Waals surface area contributed by atoms with Gasteiger partial charge in [-0.15, -0.1) is 0 Å². The van der Waals surface area contributed by atoms with Crippen molar-refractivity contribution in [3.8, 4) is 0 Å². The van der Waals surface area contributed by atoms with Gasteiger partial charge in [0.1, 0.15) is 0 Å².